The van der Waals surface area contributed by atoms with E-state index in [0.29, 0.717) is 47.2 Å². The number of hydrogen-bond donors (Lipinski definition) is 10. The number of halogens is 8. The molecule has 33 heteroatoms. The Morgan fingerprint density at radius 1 is 0.423 bits per heavy atom. The van der Waals surface area contributed by atoms with Gasteiger partial charge in [0.1, 0.15) is 102 Å². The number of aliphatic hydroxyl groups excluding tert-OH is 8. The molecule has 14 rings (SSSR count). The van der Waals surface area contributed by atoms with Gasteiger partial charge in [-0.2, -0.15) is 0 Å². The SMILES string of the molecule is CC(C)(C)[Si](C)(C)Oc1ccc(Cc2cc(Br)ccc2Cl)cc1.COc1ccc(Cc2cc(Br)ccc2Cl)cc1.C[C@H]1[C@H](O[Si](C)(C)C)[C@@H](O[Si](C)(C)C)C(=O)O[C@@H]1CO[Si](C)(C)C.OC[C@H]1O[C@@H](c2ccc(Cl)c(Cc3ccc(O)cc3)c2)[C@H](O)[C@@H](O)[C@@H]1O.OC[C@H]1O[C@@H](c2ccc(Cl)c(Cc3ccc(O[C@H]4CCOC4)cc3)c2)[C@H](O)[C@@H](O)[C@@H]1O.Oc1ccc(Cc2cc(Br)ccc2Cl)cc1. The number of cyclic esters (lactones) is 1. The minimum atomic E-state index is -1.89. The normalized spacial score (nSPS) is 22.2. The number of aromatic hydroxyl groups is 2. The van der Waals surface area contributed by atoms with E-state index >= 15 is 0 Å². The number of carbonyl (C=O) groups is 1. The standard InChI is InChI=1S/C23H27ClO7.C19H24BrClOSi.C19H21ClO6.C16H36O5Si3.C14H12BrClO.C13H10BrClO/c24-18-6-3-14(23-22(28)21(27)20(26)19(11-25)31-23)10-15(18)9-13-1-4-16(5-2-13)30-17-7-8-29-12-17;1-19(2,3)23(4,5)22-17-9-6-14(7-10-17)12-15-13-16(20)8-11-18(15)21;20-14-6-3-11(8-12(14)7-10-1-4-13(22)5-2-10)19-18(25)17(24)16(23)15(9-21)26-19;1-12-13(11-18-22(2,3)4)19-16(17)15(21-24(8,9)10)14(12)20-23(5,6)7;1-17-13-5-2-10(3-6-13)8-11-9-12(15)4-7-14(11)16;14-11-3-6-13(15)10(8-11)7-9-1-4-12(16)5-2-9/h1-6,10,17,19-23,25-28H,7-9,11-12H2;6-11,13H,12H2,1-5H3;1-6,8,15-19,21-25H,7,9H2;12-15H,11H2,1-10H3;2-7,9H,8H2,1H3;1-6,8,16H,7H2/t17-,19+,20+,21-,22+,23-;;15-,16-,17+,18-,19+;12-,13-,14+,15-;;/m0.11../s1. The van der Waals surface area contributed by atoms with E-state index in [1.54, 1.807) is 73.8 Å². The van der Waals surface area contributed by atoms with Crippen molar-refractivity contribution >= 4 is 145 Å². The van der Waals surface area contributed by atoms with E-state index in [-0.39, 0.29) is 46.7 Å². The molecular formula is C104H130Br3Cl5O21Si4. The number of methoxy groups -OCH3 is 1. The van der Waals surface area contributed by atoms with Crippen molar-refractivity contribution in [3.63, 3.8) is 0 Å². The molecule has 0 unspecified atom stereocenters. The largest absolute Gasteiger partial charge is 0.544 e. The molecule has 15 atom stereocenters. The van der Waals surface area contributed by atoms with Crippen LogP contribution in [-0.2, 0) is 69.1 Å². The molecule has 4 aliphatic rings. The van der Waals surface area contributed by atoms with Gasteiger partial charge in [-0.3, -0.25) is 0 Å². The first kappa shape index (κ1) is 114. The molecular weight excluding hydrogens is 2110 g/mol. The zero-order chi connectivity index (χ0) is 101. The van der Waals surface area contributed by atoms with Crippen molar-refractivity contribution in [2.24, 2.45) is 5.92 Å². The molecule has 10 aromatic rings. The van der Waals surface area contributed by atoms with E-state index < -0.39 is 114 Å². The van der Waals surface area contributed by atoms with Crippen molar-refractivity contribution in [3.8, 4) is 28.7 Å². The van der Waals surface area contributed by atoms with Gasteiger partial charge in [-0.15, -0.1) is 0 Å². The van der Waals surface area contributed by atoms with Crippen LogP contribution in [0.1, 0.15) is 113 Å². The van der Waals surface area contributed by atoms with Crippen LogP contribution < -0.4 is 13.9 Å². The fraction of sp³-hybridized carbons (Fsp3) is 0.413. The second-order valence-electron chi connectivity index (χ2n) is 38.8. The fourth-order valence-electron chi connectivity index (χ4n) is 14.8. The summed E-state index contributed by atoms with van der Waals surface area (Å²) in [5, 5.41) is 102. The number of benzene rings is 10. The summed E-state index contributed by atoms with van der Waals surface area (Å²) in [6.45, 7) is 33.3. The lowest BCUT2D eigenvalue weighted by Crippen LogP contribution is -2.59. The summed E-state index contributed by atoms with van der Waals surface area (Å²) in [5.41, 5.74) is 11.7. The van der Waals surface area contributed by atoms with Crippen molar-refractivity contribution in [2.75, 3.05) is 40.1 Å². The highest BCUT2D eigenvalue weighted by Gasteiger charge is 2.50. The predicted octanol–water partition coefficient (Wildman–Crippen LogP) is 22.8. The van der Waals surface area contributed by atoms with Crippen LogP contribution in [0, 0.1) is 5.92 Å². The molecule has 0 aromatic heterocycles. The maximum absolute atomic E-state index is 12.6. The van der Waals surface area contributed by atoms with Gasteiger partial charge in [0.2, 0.25) is 8.32 Å². The summed E-state index contributed by atoms with van der Waals surface area (Å²) in [4.78, 5) is 12.6. The van der Waals surface area contributed by atoms with Gasteiger partial charge in [-0.05, 0) is 303 Å². The minimum Gasteiger partial charge on any atom is -0.544 e. The van der Waals surface area contributed by atoms with Crippen LogP contribution in [-0.4, -0.2) is 204 Å². The van der Waals surface area contributed by atoms with Crippen LogP contribution in [0.2, 0.25) is 102 Å². The van der Waals surface area contributed by atoms with Crippen molar-refractivity contribution in [1.82, 2.24) is 0 Å². The number of carbonyl (C=O) groups excluding carboxylic acids is 1. The second-order valence-corrected chi connectivity index (χ2v) is 61.8. The average molecular weight is 2250 g/mol. The van der Waals surface area contributed by atoms with Crippen molar-refractivity contribution < 1.29 is 102 Å². The molecule has 4 fully saturated rings. The number of esters is 1. The number of phenols is 2. The van der Waals surface area contributed by atoms with Crippen LogP contribution in [0.25, 0.3) is 0 Å². The Morgan fingerprint density at radius 2 is 0.766 bits per heavy atom. The predicted molar refractivity (Wildman–Crippen MR) is 564 cm³/mol. The summed E-state index contributed by atoms with van der Waals surface area (Å²) in [5.74, 6) is 2.82. The van der Waals surface area contributed by atoms with Gasteiger partial charge in [0, 0.05) is 50.9 Å². The topological polar surface area (TPSA) is 312 Å². The van der Waals surface area contributed by atoms with Gasteiger partial charge < -0.3 is 97.2 Å². The molecule has 0 amide bonds. The Kier molecular flexibility index (Phi) is 43.8. The van der Waals surface area contributed by atoms with E-state index in [9.17, 15) is 55.9 Å². The summed E-state index contributed by atoms with van der Waals surface area (Å²) in [6.07, 6.45) is -8.73. The van der Waals surface area contributed by atoms with Crippen molar-refractivity contribution in [1.29, 1.82) is 0 Å². The van der Waals surface area contributed by atoms with E-state index in [2.05, 4.69) is 190 Å². The first-order chi connectivity index (χ1) is 64.4. The van der Waals surface area contributed by atoms with Gasteiger partial charge in [0.05, 0.1) is 46.2 Å². The van der Waals surface area contributed by atoms with Gasteiger partial charge in [-0.1, -0.05) is 218 Å². The average Bonchev–Trinajstić information content (AvgIpc) is 0.800. The molecule has 4 heterocycles. The smallest absolute Gasteiger partial charge is 0.337 e. The molecule has 137 heavy (non-hydrogen) atoms. The molecule has 744 valence electrons. The van der Waals surface area contributed by atoms with Crippen LogP contribution in [0.3, 0.4) is 0 Å². The first-order valence-electron chi connectivity index (χ1n) is 45.4. The number of rotatable bonds is 26. The van der Waals surface area contributed by atoms with Crippen LogP contribution >= 0.6 is 106 Å². The number of aliphatic hydroxyl groups is 8. The lowest BCUT2D eigenvalue weighted by molar-refractivity contribution is -0.231. The van der Waals surface area contributed by atoms with Crippen molar-refractivity contribution in [3.05, 3.63) is 318 Å². The molecule has 4 saturated heterocycles. The maximum atomic E-state index is 12.6. The molecule has 0 spiro atoms. The molecule has 0 saturated carbocycles. The van der Waals surface area contributed by atoms with Crippen LogP contribution in [0.4, 0.5) is 0 Å². The molecule has 10 aromatic carbocycles. The fourth-order valence-corrected chi connectivity index (χ4v) is 20.8. The monoisotopic (exact) mass is 2240 g/mol. The van der Waals surface area contributed by atoms with Gasteiger partial charge in [-0.25, -0.2) is 4.79 Å². The summed E-state index contributed by atoms with van der Waals surface area (Å²) >= 11 is 41.6. The van der Waals surface area contributed by atoms with Gasteiger partial charge >= 0.3 is 5.97 Å². The molecule has 21 nitrogen and oxygen atoms in total. The Balaban J connectivity index is 0.000000187. The Morgan fingerprint density at radius 3 is 1.09 bits per heavy atom. The number of ether oxygens (including phenoxy) is 6. The van der Waals surface area contributed by atoms with E-state index in [1.165, 1.54) is 11.1 Å². The van der Waals surface area contributed by atoms with Crippen molar-refractivity contribution in [2.45, 2.75) is 229 Å². The summed E-state index contributed by atoms with van der Waals surface area (Å²) in [6, 6.07) is 66.1. The number of phenolic OH excluding ortho intramolecular Hbond substituents is 2. The third-order valence-corrected chi connectivity index (χ3v) is 34.0. The highest BCUT2D eigenvalue weighted by Crippen LogP contribution is 2.41. The Labute approximate surface area is 860 Å². The summed E-state index contributed by atoms with van der Waals surface area (Å²) in [7, 11) is -5.50. The minimum absolute atomic E-state index is 0.0483. The lowest BCUT2D eigenvalue weighted by atomic mass is 9.90. The highest BCUT2D eigenvalue weighted by atomic mass is 79.9. The van der Waals surface area contributed by atoms with E-state index in [1.807, 2.05) is 103 Å². The molecule has 0 aliphatic carbocycles. The highest BCUT2D eigenvalue weighted by molar-refractivity contribution is 9.11. The molecule has 4 aliphatic heterocycles. The first-order valence-corrected chi connectivity index (χ1v) is 62.8. The van der Waals surface area contributed by atoms with Gasteiger partial charge in [0.25, 0.3) is 0 Å². The lowest BCUT2D eigenvalue weighted by Gasteiger charge is -2.44. The quantitative estimate of drug-likeness (QED) is 0.0178. The maximum Gasteiger partial charge on any atom is 0.337 e. The second kappa shape index (κ2) is 52.4. The zero-order valence-electron chi connectivity index (χ0n) is 80.1. The zero-order valence-corrected chi connectivity index (χ0v) is 92.7. The third kappa shape index (κ3) is 35.7. The van der Waals surface area contributed by atoms with E-state index in [4.69, 9.17) is 104 Å². The Hall–Kier alpha value is -6.13. The van der Waals surface area contributed by atoms with E-state index in [0.717, 1.165) is 123 Å². The molecule has 0 bridgehead atoms. The number of hydrogen-bond acceptors (Lipinski definition) is 21. The van der Waals surface area contributed by atoms with Crippen LogP contribution in [0.5, 0.6) is 28.7 Å². The third-order valence-electron chi connectivity index (χ3n) is 23.4. The van der Waals surface area contributed by atoms with Gasteiger partial charge in [0.15, 0.2) is 31.1 Å². The Bertz CT molecular complexity index is 5460. The summed E-state index contributed by atoms with van der Waals surface area (Å²) < 4.78 is 61.2. The molecule has 10 N–H and O–H groups in total. The molecule has 0 radical (unpaired) electrons. The van der Waals surface area contributed by atoms with Crippen LogP contribution in [0.15, 0.2) is 226 Å².